The number of fused-ring (bicyclic) bond motifs is 1. The second-order valence-corrected chi connectivity index (χ2v) is 6.13. The predicted molar refractivity (Wildman–Crippen MR) is 92.4 cm³/mol. The maximum Gasteiger partial charge on any atom is 0.116 e. The van der Waals surface area contributed by atoms with Gasteiger partial charge in [-0.15, -0.1) is 0 Å². The molecule has 4 heteroatoms. The van der Waals surface area contributed by atoms with E-state index in [1.807, 2.05) is 24.3 Å². The highest BCUT2D eigenvalue weighted by Crippen LogP contribution is 2.38. The number of nitrogens with zero attached hydrogens (tertiary/aromatic N) is 2. The molecule has 2 aromatic carbocycles. The second-order valence-electron chi connectivity index (χ2n) is 6.13. The molecule has 1 fully saturated rings. The second kappa shape index (κ2) is 6.03. The largest absolute Gasteiger partial charge is 0.508 e. The molecule has 1 saturated heterocycles. The van der Waals surface area contributed by atoms with E-state index in [1.165, 1.54) is 0 Å². The molecule has 0 bridgehead atoms. The van der Waals surface area contributed by atoms with E-state index in [9.17, 15) is 10.4 Å². The van der Waals surface area contributed by atoms with Crippen molar-refractivity contribution >= 4 is 10.9 Å². The summed E-state index contributed by atoms with van der Waals surface area (Å²) < 4.78 is 7.67. The molecule has 0 radical (unpaired) electrons. The molecule has 1 aliphatic rings. The summed E-state index contributed by atoms with van der Waals surface area (Å²) in [6.07, 6.45) is 1.81. The Balaban J connectivity index is 2.05. The van der Waals surface area contributed by atoms with Crippen LogP contribution in [0.1, 0.15) is 30.0 Å². The summed E-state index contributed by atoms with van der Waals surface area (Å²) in [6, 6.07) is 17.7. The lowest BCUT2D eigenvalue weighted by molar-refractivity contribution is 0.0842. The zero-order valence-electron chi connectivity index (χ0n) is 13.3. The maximum atomic E-state index is 9.89. The number of aromatic nitrogens is 1. The van der Waals surface area contributed by atoms with Crippen molar-refractivity contribution in [1.29, 1.82) is 5.26 Å². The van der Waals surface area contributed by atoms with Crippen LogP contribution in [0.2, 0.25) is 0 Å². The summed E-state index contributed by atoms with van der Waals surface area (Å²) in [5, 5.41) is 20.5. The van der Waals surface area contributed by atoms with Crippen LogP contribution in [0.5, 0.6) is 5.75 Å². The van der Waals surface area contributed by atoms with Crippen LogP contribution in [0.15, 0.2) is 48.5 Å². The monoisotopic (exact) mass is 318 g/mol. The van der Waals surface area contributed by atoms with E-state index < -0.39 is 0 Å². The highest BCUT2D eigenvalue weighted by molar-refractivity contribution is 5.91. The van der Waals surface area contributed by atoms with Crippen molar-refractivity contribution in [3.63, 3.8) is 0 Å². The number of phenolic OH excluding ortho intramolecular Hbond substituents is 1. The molecule has 24 heavy (non-hydrogen) atoms. The van der Waals surface area contributed by atoms with Crippen molar-refractivity contribution in [3.05, 3.63) is 59.8 Å². The number of benzene rings is 2. The molecule has 0 spiro atoms. The third-order valence-corrected chi connectivity index (χ3v) is 4.72. The van der Waals surface area contributed by atoms with E-state index in [0.29, 0.717) is 5.56 Å². The summed E-state index contributed by atoms with van der Waals surface area (Å²) in [6.45, 7) is 1.44. The molecule has 3 aromatic rings. The molecule has 0 unspecified atom stereocenters. The van der Waals surface area contributed by atoms with Crippen LogP contribution in [0.4, 0.5) is 0 Å². The lowest BCUT2D eigenvalue weighted by Gasteiger charge is -2.24. The Kier molecular flexibility index (Phi) is 3.72. The van der Waals surface area contributed by atoms with Gasteiger partial charge in [-0.3, -0.25) is 0 Å². The van der Waals surface area contributed by atoms with E-state index >= 15 is 0 Å². The van der Waals surface area contributed by atoms with Crippen LogP contribution >= 0.6 is 0 Å². The average Bonchev–Trinajstić information content (AvgIpc) is 2.96. The number of hydrogen-bond acceptors (Lipinski definition) is 3. The standard InChI is InChI=1S/C20H18N2O2/c21-13-18-17-12-16(23)6-7-19(17)22(15-4-2-1-3-5-15)20(18)14-8-10-24-11-9-14/h1-7,12,14,23H,8-11H2. The van der Waals surface area contributed by atoms with E-state index in [4.69, 9.17) is 4.74 Å². The normalized spacial score (nSPS) is 15.5. The van der Waals surface area contributed by atoms with Gasteiger partial charge >= 0.3 is 0 Å². The van der Waals surface area contributed by atoms with Gasteiger partial charge in [0.25, 0.3) is 0 Å². The fourth-order valence-electron chi connectivity index (χ4n) is 3.63. The Morgan fingerprint density at radius 1 is 1.08 bits per heavy atom. The number of para-hydroxylation sites is 1. The maximum absolute atomic E-state index is 9.89. The number of aromatic hydroxyl groups is 1. The topological polar surface area (TPSA) is 58.2 Å². The van der Waals surface area contributed by atoms with Crippen molar-refractivity contribution in [3.8, 4) is 17.5 Å². The molecule has 0 aliphatic carbocycles. The molecule has 0 amide bonds. The molecule has 1 aromatic heterocycles. The Hall–Kier alpha value is -2.77. The zero-order valence-corrected chi connectivity index (χ0v) is 13.3. The Bertz CT molecular complexity index is 916. The molecule has 0 atom stereocenters. The van der Waals surface area contributed by atoms with Crippen LogP contribution < -0.4 is 0 Å². The van der Waals surface area contributed by atoms with Crippen LogP contribution in [0, 0.1) is 11.3 Å². The third-order valence-electron chi connectivity index (χ3n) is 4.72. The molecule has 1 N–H and O–H groups in total. The molecule has 0 saturated carbocycles. The van der Waals surface area contributed by atoms with Crippen LogP contribution in [-0.2, 0) is 4.74 Å². The zero-order chi connectivity index (χ0) is 16.5. The molecule has 4 nitrogen and oxygen atoms in total. The van der Waals surface area contributed by atoms with E-state index in [2.05, 4.69) is 22.8 Å². The van der Waals surface area contributed by atoms with Gasteiger partial charge in [0.1, 0.15) is 11.8 Å². The van der Waals surface area contributed by atoms with E-state index in [1.54, 1.807) is 12.1 Å². The van der Waals surface area contributed by atoms with Gasteiger partial charge in [-0.1, -0.05) is 18.2 Å². The quantitative estimate of drug-likeness (QED) is 0.774. The molecule has 4 rings (SSSR count). The number of rotatable bonds is 2. The Morgan fingerprint density at radius 2 is 1.83 bits per heavy atom. The highest BCUT2D eigenvalue weighted by Gasteiger charge is 2.27. The first-order valence-electron chi connectivity index (χ1n) is 8.20. The Labute approximate surface area is 140 Å². The first-order valence-corrected chi connectivity index (χ1v) is 8.20. The molecular weight excluding hydrogens is 300 g/mol. The van der Waals surface area contributed by atoms with Gasteiger partial charge in [0, 0.05) is 35.9 Å². The summed E-state index contributed by atoms with van der Waals surface area (Å²) in [5.41, 5.74) is 3.69. The molecule has 1 aliphatic heterocycles. The fraction of sp³-hybridized carbons (Fsp3) is 0.250. The lowest BCUT2D eigenvalue weighted by atomic mass is 9.93. The summed E-state index contributed by atoms with van der Waals surface area (Å²) in [7, 11) is 0. The van der Waals surface area contributed by atoms with Crippen molar-refractivity contribution in [2.45, 2.75) is 18.8 Å². The highest BCUT2D eigenvalue weighted by atomic mass is 16.5. The summed E-state index contributed by atoms with van der Waals surface area (Å²) >= 11 is 0. The molecule has 120 valence electrons. The van der Waals surface area contributed by atoms with Crippen molar-refractivity contribution in [2.24, 2.45) is 0 Å². The minimum absolute atomic E-state index is 0.183. The summed E-state index contributed by atoms with van der Waals surface area (Å²) in [4.78, 5) is 0. The summed E-state index contributed by atoms with van der Waals surface area (Å²) in [5.74, 6) is 0.464. The number of ether oxygens (including phenoxy) is 1. The minimum atomic E-state index is 0.183. The van der Waals surface area contributed by atoms with Crippen LogP contribution in [0.3, 0.4) is 0 Å². The van der Waals surface area contributed by atoms with Crippen LogP contribution in [-0.4, -0.2) is 22.9 Å². The van der Waals surface area contributed by atoms with E-state index in [-0.39, 0.29) is 11.7 Å². The molecule has 2 heterocycles. The first kappa shape index (κ1) is 14.8. The van der Waals surface area contributed by atoms with Crippen LogP contribution in [0.25, 0.3) is 16.6 Å². The van der Waals surface area contributed by atoms with Gasteiger partial charge in [0.15, 0.2) is 0 Å². The van der Waals surface area contributed by atoms with Gasteiger partial charge < -0.3 is 14.4 Å². The van der Waals surface area contributed by atoms with Gasteiger partial charge in [-0.2, -0.15) is 5.26 Å². The smallest absolute Gasteiger partial charge is 0.116 e. The van der Waals surface area contributed by atoms with E-state index in [0.717, 1.165) is 48.3 Å². The number of hydrogen-bond donors (Lipinski definition) is 1. The Morgan fingerprint density at radius 3 is 2.54 bits per heavy atom. The van der Waals surface area contributed by atoms with Crippen molar-refractivity contribution < 1.29 is 9.84 Å². The average molecular weight is 318 g/mol. The SMILES string of the molecule is N#Cc1c(C2CCOCC2)n(-c2ccccc2)c2ccc(O)cc12. The minimum Gasteiger partial charge on any atom is -0.508 e. The van der Waals surface area contributed by atoms with Gasteiger partial charge in [-0.05, 0) is 43.2 Å². The van der Waals surface area contributed by atoms with Gasteiger partial charge in [-0.25, -0.2) is 0 Å². The van der Waals surface area contributed by atoms with Crippen molar-refractivity contribution in [2.75, 3.05) is 13.2 Å². The van der Waals surface area contributed by atoms with Gasteiger partial charge in [0.2, 0.25) is 0 Å². The predicted octanol–water partition coefficient (Wildman–Crippen LogP) is 4.10. The van der Waals surface area contributed by atoms with Gasteiger partial charge in [0.05, 0.1) is 11.1 Å². The number of nitriles is 1. The third kappa shape index (κ3) is 2.34. The fourth-order valence-corrected chi connectivity index (χ4v) is 3.63. The first-order chi connectivity index (χ1) is 11.8. The number of phenols is 1. The molecular formula is C20H18N2O2. The van der Waals surface area contributed by atoms with Crippen molar-refractivity contribution in [1.82, 2.24) is 4.57 Å². The lowest BCUT2D eigenvalue weighted by Crippen LogP contribution is -2.17.